The molecule has 7 nitrogen and oxygen atoms in total. The van der Waals surface area contributed by atoms with Crippen LogP contribution in [0, 0.1) is 5.82 Å². The maximum Gasteiger partial charge on any atom is 0.264 e. The van der Waals surface area contributed by atoms with Crippen LogP contribution < -0.4 is 9.62 Å². The third kappa shape index (κ3) is 9.06. The number of hydrogen-bond donors (Lipinski definition) is 1. The third-order valence-corrected chi connectivity index (χ3v) is 9.69. The highest BCUT2D eigenvalue weighted by Crippen LogP contribution is 2.27. The second kappa shape index (κ2) is 15.9. The molecule has 1 N–H and O–H groups in total. The van der Waals surface area contributed by atoms with E-state index >= 15 is 0 Å². The Balaban J connectivity index is 1.79. The molecule has 0 bridgehead atoms. The van der Waals surface area contributed by atoms with Crippen molar-refractivity contribution in [1.29, 1.82) is 0 Å². The van der Waals surface area contributed by atoms with Gasteiger partial charge in [-0.25, -0.2) is 12.8 Å². The SMILES string of the molecule is CCCCNC(=O)[C@H](Cc1ccccc1)N(Cc1ccc(Cl)c(Cl)c1)C(=O)CN(c1ccc(F)cc1)S(=O)(=O)c1ccccc1. The maximum atomic E-state index is 14.4. The quantitative estimate of drug-likeness (QED) is 0.148. The van der Waals surface area contributed by atoms with Crippen LogP contribution in [0.15, 0.2) is 108 Å². The third-order valence-electron chi connectivity index (χ3n) is 7.16. The van der Waals surface area contributed by atoms with Crippen LogP contribution in [-0.2, 0) is 32.6 Å². The Morgan fingerprint density at radius 3 is 2.11 bits per heavy atom. The number of nitrogens with zero attached hydrogens (tertiary/aromatic N) is 2. The number of carbonyl (C=O) groups is 2. The van der Waals surface area contributed by atoms with Crippen molar-refractivity contribution in [2.24, 2.45) is 0 Å². The molecular weight excluding hydrogens is 636 g/mol. The van der Waals surface area contributed by atoms with Gasteiger partial charge >= 0.3 is 0 Å². The Kier molecular flexibility index (Phi) is 12.0. The molecule has 1 atom stereocenters. The standard InChI is InChI=1S/C34H34Cl2FN3O4S/c1-2-3-20-38-34(42)32(22-25-10-6-4-7-11-25)39(23-26-14-19-30(35)31(36)21-26)33(41)24-40(28-17-15-27(37)16-18-28)45(43,44)29-12-8-5-9-13-29/h4-19,21,32H,2-3,20,22-24H2,1H3,(H,38,42)/t32-/m0/s1. The Morgan fingerprint density at radius 2 is 1.49 bits per heavy atom. The highest BCUT2D eigenvalue weighted by Gasteiger charge is 2.34. The molecule has 11 heteroatoms. The highest BCUT2D eigenvalue weighted by atomic mass is 35.5. The first-order valence-electron chi connectivity index (χ1n) is 14.5. The minimum Gasteiger partial charge on any atom is -0.354 e. The van der Waals surface area contributed by atoms with E-state index in [0.29, 0.717) is 17.1 Å². The van der Waals surface area contributed by atoms with Crippen molar-refractivity contribution in [2.75, 3.05) is 17.4 Å². The van der Waals surface area contributed by atoms with E-state index < -0.39 is 34.3 Å². The number of unbranched alkanes of at least 4 members (excludes halogenated alkanes) is 1. The van der Waals surface area contributed by atoms with Crippen molar-refractivity contribution in [3.05, 3.63) is 130 Å². The smallest absolute Gasteiger partial charge is 0.264 e. The predicted octanol–water partition coefficient (Wildman–Crippen LogP) is 6.88. The molecular formula is C34H34Cl2FN3O4S. The molecule has 0 spiro atoms. The first-order valence-corrected chi connectivity index (χ1v) is 16.7. The van der Waals surface area contributed by atoms with Gasteiger partial charge in [-0.3, -0.25) is 13.9 Å². The molecule has 4 aromatic rings. The van der Waals surface area contributed by atoms with Gasteiger partial charge in [0.2, 0.25) is 11.8 Å². The number of hydrogen-bond acceptors (Lipinski definition) is 4. The van der Waals surface area contributed by atoms with Gasteiger partial charge in [-0.2, -0.15) is 0 Å². The number of rotatable bonds is 14. The normalized spacial score (nSPS) is 11.9. The van der Waals surface area contributed by atoms with Gasteiger partial charge in [0.05, 0.1) is 20.6 Å². The van der Waals surface area contributed by atoms with Crippen molar-refractivity contribution in [3.63, 3.8) is 0 Å². The Bertz CT molecular complexity index is 1690. The second-order valence-corrected chi connectivity index (χ2v) is 13.1. The molecule has 0 aromatic heterocycles. The second-order valence-electron chi connectivity index (χ2n) is 10.4. The summed E-state index contributed by atoms with van der Waals surface area (Å²) in [5.74, 6) is -1.58. The van der Waals surface area contributed by atoms with Crippen LogP contribution in [0.4, 0.5) is 10.1 Å². The van der Waals surface area contributed by atoms with Gasteiger partial charge in [0.25, 0.3) is 10.0 Å². The molecule has 0 aliphatic rings. The lowest BCUT2D eigenvalue weighted by Crippen LogP contribution is -2.53. The average Bonchev–Trinajstić information content (AvgIpc) is 3.04. The van der Waals surface area contributed by atoms with Crippen molar-refractivity contribution >= 4 is 50.7 Å². The minimum atomic E-state index is -4.28. The van der Waals surface area contributed by atoms with E-state index in [2.05, 4.69) is 5.32 Å². The Labute approximate surface area is 273 Å². The summed E-state index contributed by atoms with van der Waals surface area (Å²) in [4.78, 5) is 29.5. The van der Waals surface area contributed by atoms with Crippen LogP contribution in [0.3, 0.4) is 0 Å². The number of amides is 2. The molecule has 0 aliphatic heterocycles. The van der Waals surface area contributed by atoms with Gasteiger partial charge in [0.15, 0.2) is 0 Å². The molecule has 0 radical (unpaired) electrons. The zero-order valence-corrected chi connectivity index (χ0v) is 27.0. The molecule has 0 saturated carbocycles. The number of carbonyl (C=O) groups excluding carboxylic acids is 2. The minimum absolute atomic E-state index is 0.0451. The molecule has 236 valence electrons. The number of sulfonamides is 1. The Hall–Kier alpha value is -3.92. The molecule has 0 aliphatic carbocycles. The van der Waals surface area contributed by atoms with Gasteiger partial charge in [-0.15, -0.1) is 0 Å². The summed E-state index contributed by atoms with van der Waals surface area (Å²) in [6.07, 6.45) is 1.78. The van der Waals surface area contributed by atoms with Crippen molar-refractivity contribution < 1.29 is 22.4 Å². The molecule has 4 aromatic carbocycles. The van der Waals surface area contributed by atoms with Crippen LogP contribution in [0.1, 0.15) is 30.9 Å². The van der Waals surface area contributed by atoms with Gasteiger partial charge < -0.3 is 10.2 Å². The lowest BCUT2D eigenvalue weighted by molar-refractivity contribution is -0.140. The van der Waals surface area contributed by atoms with Gasteiger partial charge in [0, 0.05) is 19.5 Å². The maximum absolute atomic E-state index is 14.4. The van der Waals surface area contributed by atoms with Crippen LogP contribution in [-0.4, -0.2) is 44.3 Å². The van der Waals surface area contributed by atoms with E-state index in [1.165, 1.54) is 29.2 Å². The van der Waals surface area contributed by atoms with Crippen molar-refractivity contribution in [2.45, 2.75) is 43.7 Å². The zero-order valence-electron chi connectivity index (χ0n) is 24.7. The monoisotopic (exact) mass is 669 g/mol. The fourth-order valence-electron chi connectivity index (χ4n) is 4.75. The van der Waals surface area contributed by atoms with Crippen LogP contribution in [0.25, 0.3) is 0 Å². The first-order chi connectivity index (χ1) is 21.6. The number of halogens is 3. The lowest BCUT2D eigenvalue weighted by Gasteiger charge is -2.34. The number of anilines is 1. The predicted molar refractivity (Wildman–Crippen MR) is 176 cm³/mol. The fourth-order valence-corrected chi connectivity index (χ4v) is 6.51. The summed E-state index contributed by atoms with van der Waals surface area (Å²) in [6.45, 7) is 1.71. The molecule has 0 fully saturated rings. The lowest BCUT2D eigenvalue weighted by atomic mass is 10.0. The molecule has 0 unspecified atom stereocenters. The average molecular weight is 671 g/mol. The zero-order chi connectivity index (χ0) is 32.4. The summed E-state index contributed by atoms with van der Waals surface area (Å²) in [6, 6.07) is 25.7. The van der Waals surface area contributed by atoms with Crippen molar-refractivity contribution in [1.82, 2.24) is 10.2 Å². The van der Waals surface area contributed by atoms with Gasteiger partial charge in [-0.1, -0.05) is 91.1 Å². The molecule has 45 heavy (non-hydrogen) atoms. The number of benzene rings is 4. The summed E-state index contributed by atoms with van der Waals surface area (Å²) < 4.78 is 42.7. The summed E-state index contributed by atoms with van der Waals surface area (Å²) >= 11 is 12.5. The van der Waals surface area contributed by atoms with E-state index in [4.69, 9.17) is 23.2 Å². The van der Waals surface area contributed by atoms with Crippen molar-refractivity contribution in [3.8, 4) is 0 Å². The van der Waals surface area contributed by atoms with E-state index in [9.17, 15) is 22.4 Å². The molecule has 4 rings (SSSR count). The summed E-state index contributed by atoms with van der Waals surface area (Å²) in [5, 5.41) is 3.54. The number of nitrogens with one attached hydrogen (secondary N) is 1. The Morgan fingerprint density at radius 1 is 0.844 bits per heavy atom. The van der Waals surface area contributed by atoms with Crippen LogP contribution in [0.2, 0.25) is 10.0 Å². The van der Waals surface area contributed by atoms with E-state index in [1.807, 2.05) is 37.3 Å². The van der Waals surface area contributed by atoms with Gasteiger partial charge in [0.1, 0.15) is 18.4 Å². The van der Waals surface area contributed by atoms with E-state index in [0.717, 1.165) is 34.8 Å². The topological polar surface area (TPSA) is 86.8 Å². The van der Waals surface area contributed by atoms with Crippen LogP contribution >= 0.6 is 23.2 Å². The molecule has 2 amide bonds. The van der Waals surface area contributed by atoms with Gasteiger partial charge in [-0.05, 0) is 66.1 Å². The van der Waals surface area contributed by atoms with E-state index in [1.54, 1.807) is 36.4 Å². The molecule has 0 heterocycles. The summed E-state index contributed by atoms with van der Waals surface area (Å²) in [7, 11) is -4.28. The molecule has 0 saturated heterocycles. The van der Waals surface area contributed by atoms with Crippen LogP contribution in [0.5, 0.6) is 0 Å². The fraction of sp³-hybridized carbons (Fsp3) is 0.235. The largest absolute Gasteiger partial charge is 0.354 e. The van der Waals surface area contributed by atoms with E-state index in [-0.39, 0.29) is 34.5 Å². The highest BCUT2D eigenvalue weighted by molar-refractivity contribution is 7.92. The first kappa shape index (κ1) is 34.0. The summed E-state index contributed by atoms with van der Waals surface area (Å²) in [5.41, 5.74) is 1.50.